The lowest BCUT2D eigenvalue weighted by Crippen LogP contribution is -2.36. The summed E-state index contributed by atoms with van der Waals surface area (Å²) in [4.78, 5) is 21.2. The number of aromatic nitrogens is 1. The summed E-state index contributed by atoms with van der Waals surface area (Å²) < 4.78 is 38.0. The number of hydrogen-bond donors (Lipinski definition) is 0. The molecule has 1 aliphatic rings. The number of thioether (sulfide) groups is 1. The molecular weight excluding hydrogens is 375 g/mol. The fourth-order valence-corrected chi connectivity index (χ4v) is 3.71. The third kappa shape index (κ3) is 5.38. The Hall–Kier alpha value is -2.22. The molecule has 4 nitrogen and oxygen atoms in total. The molecule has 0 aliphatic carbocycles. The van der Waals surface area contributed by atoms with E-state index in [1.807, 2.05) is 40.1 Å². The summed E-state index contributed by atoms with van der Waals surface area (Å²) >= 11 is 1.51. The molecule has 27 heavy (non-hydrogen) atoms. The lowest BCUT2D eigenvalue weighted by atomic mass is 10.2. The van der Waals surface area contributed by atoms with Gasteiger partial charge >= 0.3 is 6.18 Å². The zero-order chi connectivity index (χ0) is 19.3. The van der Waals surface area contributed by atoms with E-state index in [0.29, 0.717) is 37.7 Å². The molecule has 1 aliphatic heterocycles. The highest BCUT2D eigenvalue weighted by atomic mass is 32.2. The van der Waals surface area contributed by atoms with E-state index in [9.17, 15) is 18.0 Å². The van der Waals surface area contributed by atoms with Crippen LogP contribution < -0.4 is 4.90 Å². The van der Waals surface area contributed by atoms with Crippen LogP contribution in [-0.2, 0) is 11.0 Å². The van der Waals surface area contributed by atoms with Crippen LogP contribution in [0, 0.1) is 0 Å². The molecule has 0 N–H and O–H groups in total. The average molecular weight is 395 g/mol. The Kier molecular flexibility index (Phi) is 6.26. The van der Waals surface area contributed by atoms with E-state index in [1.54, 1.807) is 0 Å². The Morgan fingerprint density at radius 2 is 1.81 bits per heavy atom. The van der Waals surface area contributed by atoms with Crippen LogP contribution in [0.5, 0.6) is 0 Å². The van der Waals surface area contributed by atoms with Gasteiger partial charge in [0.05, 0.1) is 11.3 Å². The standard InChI is InChI=1S/C19H20F3N3OS/c20-19(21,22)15-7-8-17(23-13-15)24-9-4-10-25(12-11-24)18(26)14-27-16-5-2-1-3-6-16/h1-3,5-8,13H,4,9-12,14H2. The molecule has 0 radical (unpaired) electrons. The van der Waals surface area contributed by atoms with Crippen LogP contribution in [-0.4, -0.2) is 47.7 Å². The second-order valence-electron chi connectivity index (χ2n) is 6.23. The number of nitrogens with zero attached hydrogens (tertiary/aromatic N) is 3. The van der Waals surface area contributed by atoms with E-state index in [0.717, 1.165) is 23.6 Å². The third-order valence-corrected chi connectivity index (χ3v) is 5.35. The predicted octanol–water partition coefficient (Wildman–Crippen LogP) is 3.93. The van der Waals surface area contributed by atoms with Crippen molar-refractivity contribution in [3.63, 3.8) is 0 Å². The smallest absolute Gasteiger partial charge is 0.355 e. The molecule has 0 spiro atoms. The van der Waals surface area contributed by atoms with Gasteiger partial charge in [-0.05, 0) is 30.7 Å². The fourth-order valence-electron chi connectivity index (χ4n) is 2.89. The fraction of sp³-hybridized carbons (Fsp3) is 0.368. The van der Waals surface area contributed by atoms with Gasteiger partial charge in [0.1, 0.15) is 5.82 Å². The van der Waals surface area contributed by atoms with Crippen molar-refractivity contribution in [1.29, 1.82) is 0 Å². The normalized spacial score (nSPS) is 15.5. The predicted molar refractivity (Wildman–Crippen MR) is 99.8 cm³/mol. The van der Waals surface area contributed by atoms with Gasteiger partial charge in [-0.25, -0.2) is 4.98 Å². The molecule has 1 aromatic heterocycles. The number of carbonyl (C=O) groups is 1. The van der Waals surface area contributed by atoms with E-state index in [2.05, 4.69) is 4.98 Å². The van der Waals surface area contributed by atoms with E-state index in [1.165, 1.54) is 17.8 Å². The molecule has 1 fully saturated rings. The maximum atomic E-state index is 12.7. The summed E-state index contributed by atoms with van der Waals surface area (Å²) in [5.74, 6) is 0.963. The molecule has 1 saturated heterocycles. The van der Waals surface area contributed by atoms with Crippen molar-refractivity contribution in [2.45, 2.75) is 17.5 Å². The number of hydrogen-bond acceptors (Lipinski definition) is 4. The van der Waals surface area contributed by atoms with E-state index < -0.39 is 11.7 Å². The van der Waals surface area contributed by atoms with Crippen molar-refractivity contribution in [2.75, 3.05) is 36.8 Å². The zero-order valence-corrected chi connectivity index (χ0v) is 15.5. The second kappa shape index (κ2) is 8.65. The van der Waals surface area contributed by atoms with Gasteiger partial charge in [-0.2, -0.15) is 13.2 Å². The number of pyridine rings is 1. The van der Waals surface area contributed by atoms with Crippen molar-refractivity contribution in [1.82, 2.24) is 9.88 Å². The van der Waals surface area contributed by atoms with E-state index in [4.69, 9.17) is 0 Å². The van der Waals surface area contributed by atoms with Crippen LogP contribution in [0.1, 0.15) is 12.0 Å². The van der Waals surface area contributed by atoms with Gasteiger partial charge in [0.15, 0.2) is 0 Å². The van der Waals surface area contributed by atoms with E-state index >= 15 is 0 Å². The van der Waals surface area contributed by atoms with Crippen molar-refractivity contribution >= 4 is 23.5 Å². The summed E-state index contributed by atoms with van der Waals surface area (Å²) in [7, 11) is 0. The zero-order valence-electron chi connectivity index (χ0n) is 14.7. The minimum Gasteiger partial charge on any atom is -0.355 e. The minimum absolute atomic E-state index is 0.0751. The first-order valence-electron chi connectivity index (χ1n) is 8.67. The van der Waals surface area contributed by atoms with Crippen LogP contribution >= 0.6 is 11.8 Å². The number of alkyl halides is 3. The third-order valence-electron chi connectivity index (χ3n) is 4.35. The Morgan fingerprint density at radius 1 is 1.04 bits per heavy atom. The first kappa shape index (κ1) is 19.5. The van der Waals surface area contributed by atoms with Gasteiger partial charge in [0, 0.05) is 37.3 Å². The summed E-state index contributed by atoms with van der Waals surface area (Å²) in [6.45, 7) is 2.40. The molecular formula is C19H20F3N3OS. The lowest BCUT2D eigenvalue weighted by Gasteiger charge is -2.23. The maximum Gasteiger partial charge on any atom is 0.417 e. The summed E-state index contributed by atoms with van der Waals surface area (Å²) in [6, 6.07) is 12.2. The molecule has 1 aromatic carbocycles. The second-order valence-corrected chi connectivity index (χ2v) is 7.27. The molecule has 0 saturated carbocycles. The largest absolute Gasteiger partial charge is 0.417 e. The Balaban J connectivity index is 1.54. The topological polar surface area (TPSA) is 36.4 Å². The van der Waals surface area contributed by atoms with E-state index in [-0.39, 0.29) is 5.91 Å². The van der Waals surface area contributed by atoms with Crippen LogP contribution in [0.15, 0.2) is 53.6 Å². The Bertz CT molecular complexity index is 753. The van der Waals surface area contributed by atoms with Gasteiger partial charge in [0.2, 0.25) is 5.91 Å². The number of anilines is 1. The number of benzene rings is 1. The first-order chi connectivity index (χ1) is 12.9. The van der Waals surface area contributed by atoms with Crippen LogP contribution in [0.25, 0.3) is 0 Å². The quantitative estimate of drug-likeness (QED) is 0.735. The van der Waals surface area contributed by atoms with Crippen molar-refractivity contribution in [3.05, 3.63) is 54.2 Å². The van der Waals surface area contributed by atoms with Gasteiger partial charge in [-0.15, -0.1) is 11.8 Å². The molecule has 1 amide bonds. The lowest BCUT2D eigenvalue weighted by molar-refractivity contribution is -0.137. The number of halogens is 3. The highest BCUT2D eigenvalue weighted by molar-refractivity contribution is 8.00. The number of carbonyl (C=O) groups excluding carboxylic acids is 1. The molecule has 2 heterocycles. The maximum absolute atomic E-state index is 12.7. The van der Waals surface area contributed by atoms with Crippen LogP contribution in [0.3, 0.4) is 0 Å². The van der Waals surface area contributed by atoms with Crippen LogP contribution in [0.2, 0.25) is 0 Å². The van der Waals surface area contributed by atoms with Gasteiger partial charge in [0.25, 0.3) is 0 Å². The van der Waals surface area contributed by atoms with Crippen molar-refractivity contribution < 1.29 is 18.0 Å². The van der Waals surface area contributed by atoms with Crippen molar-refractivity contribution in [2.24, 2.45) is 0 Å². The number of amides is 1. The Morgan fingerprint density at radius 3 is 2.48 bits per heavy atom. The summed E-state index contributed by atoms with van der Waals surface area (Å²) in [6.07, 6.45) is -2.77. The molecule has 8 heteroatoms. The molecule has 144 valence electrons. The molecule has 2 aromatic rings. The number of rotatable bonds is 4. The average Bonchev–Trinajstić information content (AvgIpc) is 2.93. The van der Waals surface area contributed by atoms with Crippen LogP contribution in [0.4, 0.5) is 19.0 Å². The van der Waals surface area contributed by atoms with Gasteiger partial charge in [-0.1, -0.05) is 18.2 Å². The van der Waals surface area contributed by atoms with Gasteiger partial charge in [-0.3, -0.25) is 4.79 Å². The van der Waals surface area contributed by atoms with Gasteiger partial charge < -0.3 is 9.80 Å². The molecule has 0 atom stereocenters. The summed E-state index contributed by atoms with van der Waals surface area (Å²) in [5, 5.41) is 0. The minimum atomic E-state index is -4.38. The molecule has 0 unspecified atom stereocenters. The molecule has 3 rings (SSSR count). The highest BCUT2D eigenvalue weighted by Crippen LogP contribution is 2.29. The van der Waals surface area contributed by atoms with Crippen molar-refractivity contribution in [3.8, 4) is 0 Å². The Labute approximate surface area is 160 Å². The highest BCUT2D eigenvalue weighted by Gasteiger charge is 2.31. The first-order valence-corrected chi connectivity index (χ1v) is 9.66. The summed E-state index contributed by atoms with van der Waals surface area (Å²) in [5.41, 5.74) is -0.754. The SMILES string of the molecule is O=C(CSc1ccccc1)N1CCCN(c2ccc(C(F)(F)F)cn2)CC1. The monoisotopic (exact) mass is 395 g/mol. The molecule has 0 bridgehead atoms.